The fraction of sp³-hybridized carbons (Fsp3) is 0.727. The SMILES string of the molecule is Cc1nc(C2(CO)CC2(C)C)oc1C. The smallest absolute Gasteiger partial charge is 0.203 e. The van der Waals surface area contributed by atoms with Crippen molar-refractivity contribution in [2.75, 3.05) is 6.61 Å². The largest absolute Gasteiger partial charge is 0.445 e. The molecule has 14 heavy (non-hydrogen) atoms. The van der Waals surface area contributed by atoms with Crippen molar-refractivity contribution in [2.45, 2.75) is 39.5 Å². The summed E-state index contributed by atoms with van der Waals surface area (Å²) in [6.07, 6.45) is 0.954. The highest BCUT2D eigenvalue weighted by Gasteiger charge is 2.65. The fourth-order valence-electron chi connectivity index (χ4n) is 2.09. The van der Waals surface area contributed by atoms with E-state index in [9.17, 15) is 5.11 Å². The molecule has 1 atom stereocenters. The number of hydrogen-bond donors (Lipinski definition) is 1. The monoisotopic (exact) mass is 195 g/mol. The number of aliphatic hydroxyl groups excluding tert-OH is 1. The Bertz CT molecular complexity index is 348. The van der Waals surface area contributed by atoms with E-state index in [1.807, 2.05) is 13.8 Å². The van der Waals surface area contributed by atoms with Gasteiger partial charge in [-0.25, -0.2) is 4.98 Å². The fourth-order valence-corrected chi connectivity index (χ4v) is 2.09. The summed E-state index contributed by atoms with van der Waals surface area (Å²) in [4.78, 5) is 4.38. The van der Waals surface area contributed by atoms with Gasteiger partial charge in [-0.2, -0.15) is 0 Å². The molecule has 0 saturated heterocycles. The van der Waals surface area contributed by atoms with Crippen molar-refractivity contribution < 1.29 is 9.52 Å². The zero-order valence-corrected chi connectivity index (χ0v) is 9.22. The van der Waals surface area contributed by atoms with Gasteiger partial charge in [0.15, 0.2) is 0 Å². The number of oxazole rings is 1. The van der Waals surface area contributed by atoms with Crippen LogP contribution in [0.1, 0.15) is 37.6 Å². The van der Waals surface area contributed by atoms with Gasteiger partial charge in [-0.15, -0.1) is 0 Å². The van der Waals surface area contributed by atoms with E-state index in [0.717, 1.165) is 17.9 Å². The average Bonchev–Trinajstić information content (AvgIpc) is 2.52. The standard InChI is InChI=1S/C11H17NO2/c1-7-8(2)14-9(12-7)11(6-13)5-10(11,3)4/h13H,5-6H2,1-4H3. The van der Waals surface area contributed by atoms with Crippen LogP contribution >= 0.6 is 0 Å². The third kappa shape index (κ3) is 1.05. The normalized spacial score (nSPS) is 29.2. The second-order valence-corrected chi connectivity index (χ2v) is 4.96. The minimum atomic E-state index is -0.230. The Morgan fingerprint density at radius 2 is 2.00 bits per heavy atom. The van der Waals surface area contributed by atoms with Crippen LogP contribution in [0.15, 0.2) is 4.42 Å². The minimum absolute atomic E-state index is 0.117. The van der Waals surface area contributed by atoms with Crippen LogP contribution in [0.2, 0.25) is 0 Å². The minimum Gasteiger partial charge on any atom is -0.445 e. The number of rotatable bonds is 2. The summed E-state index contributed by atoms with van der Waals surface area (Å²) in [5.74, 6) is 1.57. The first kappa shape index (κ1) is 9.71. The summed E-state index contributed by atoms with van der Waals surface area (Å²) in [5, 5.41) is 9.45. The van der Waals surface area contributed by atoms with Gasteiger partial charge in [0.2, 0.25) is 5.89 Å². The molecule has 3 heteroatoms. The molecule has 0 spiro atoms. The third-order valence-corrected chi connectivity index (χ3v) is 3.62. The summed E-state index contributed by atoms with van der Waals surface area (Å²) < 4.78 is 5.60. The molecule has 78 valence electrons. The molecule has 3 nitrogen and oxygen atoms in total. The number of nitrogens with zero attached hydrogens (tertiary/aromatic N) is 1. The van der Waals surface area contributed by atoms with Crippen molar-refractivity contribution in [3.8, 4) is 0 Å². The molecule has 1 fully saturated rings. The van der Waals surface area contributed by atoms with Gasteiger partial charge in [0.25, 0.3) is 0 Å². The lowest BCUT2D eigenvalue weighted by Crippen LogP contribution is -2.19. The first-order chi connectivity index (χ1) is 6.43. The quantitative estimate of drug-likeness (QED) is 0.784. The molecule has 0 bridgehead atoms. The molecule has 0 aliphatic heterocycles. The van der Waals surface area contributed by atoms with Gasteiger partial charge in [-0.1, -0.05) is 13.8 Å². The Morgan fingerprint density at radius 1 is 1.43 bits per heavy atom. The second kappa shape index (κ2) is 2.60. The van der Waals surface area contributed by atoms with E-state index in [0.29, 0.717) is 5.89 Å². The summed E-state index contributed by atoms with van der Waals surface area (Å²) in [6.45, 7) is 8.24. The predicted molar refractivity (Wildman–Crippen MR) is 53.1 cm³/mol. The van der Waals surface area contributed by atoms with Crippen molar-refractivity contribution in [1.29, 1.82) is 0 Å². The van der Waals surface area contributed by atoms with Crippen LogP contribution in [0, 0.1) is 19.3 Å². The number of aryl methyl sites for hydroxylation is 2. The van der Waals surface area contributed by atoms with E-state index in [-0.39, 0.29) is 17.4 Å². The van der Waals surface area contributed by atoms with E-state index in [1.165, 1.54) is 0 Å². The molecule has 0 amide bonds. The van der Waals surface area contributed by atoms with Crippen LogP contribution < -0.4 is 0 Å². The zero-order valence-electron chi connectivity index (χ0n) is 9.22. The molecule has 0 radical (unpaired) electrons. The van der Waals surface area contributed by atoms with Gasteiger partial charge in [-0.3, -0.25) is 0 Å². The van der Waals surface area contributed by atoms with Gasteiger partial charge >= 0.3 is 0 Å². The molecule has 1 aliphatic rings. The molecule has 0 aromatic carbocycles. The number of hydrogen-bond acceptors (Lipinski definition) is 3. The van der Waals surface area contributed by atoms with E-state index < -0.39 is 0 Å². The maximum absolute atomic E-state index is 9.45. The summed E-state index contributed by atoms with van der Waals surface area (Å²) in [5.41, 5.74) is 0.813. The maximum Gasteiger partial charge on any atom is 0.203 e. The Hall–Kier alpha value is -0.830. The molecular formula is C11H17NO2. The Morgan fingerprint density at radius 3 is 2.29 bits per heavy atom. The Labute approximate surface area is 84.2 Å². The van der Waals surface area contributed by atoms with Gasteiger partial charge < -0.3 is 9.52 Å². The van der Waals surface area contributed by atoms with Crippen LogP contribution in [0.4, 0.5) is 0 Å². The second-order valence-electron chi connectivity index (χ2n) is 4.96. The van der Waals surface area contributed by atoms with Gasteiger partial charge in [0, 0.05) is 0 Å². The van der Waals surface area contributed by atoms with Crippen molar-refractivity contribution in [1.82, 2.24) is 4.98 Å². The molecule has 1 aromatic rings. The molecule has 2 rings (SSSR count). The predicted octanol–water partition coefficient (Wildman–Crippen LogP) is 1.95. The lowest BCUT2D eigenvalue weighted by atomic mass is 9.97. The van der Waals surface area contributed by atoms with Crippen LogP contribution in [0.5, 0.6) is 0 Å². The van der Waals surface area contributed by atoms with E-state index in [1.54, 1.807) is 0 Å². The summed E-state index contributed by atoms with van der Waals surface area (Å²) in [6, 6.07) is 0. The average molecular weight is 195 g/mol. The first-order valence-electron chi connectivity index (χ1n) is 4.98. The van der Waals surface area contributed by atoms with Crippen LogP contribution in [-0.2, 0) is 5.41 Å². The van der Waals surface area contributed by atoms with Crippen LogP contribution in [0.25, 0.3) is 0 Å². The van der Waals surface area contributed by atoms with E-state index in [4.69, 9.17) is 4.42 Å². The molecule has 1 saturated carbocycles. The lowest BCUT2D eigenvalue weighted by molar-refractivity contribution is 0.206. The zero-order chi connectivity index (χ0) is 10.6. The Kier molecular flexibility index (Phi) is 1.80. The third-order valence-electron chi connectivity index (χ3n) is 3.62. The highest BCUT2D eigenvalue weighted by atomic mass is 16.4. The van der Waals surface area contributed by atoms with Crippen molar-refractivity contribution in [3.63, 3.8) is 0 Å². The van der Waals surface area contributed by atoms with Crippen molar-refractivity contribution in [3.05, 3.63) is 17.3 Å². The van der Waals surface area contributed by atoms with E-state index >= 15 is 0 Å². The highest BCUT2D eigenvalue weighted by Crippen LogP contribution is 2.63. The summed E-state index contributed by atoms with van der Waals surface area (Å²) >= 11 is 0. The highest BCUT2D eigenvalue weighted by molar-refractivity contribution is 5.27. The number of aliphatic hydroxyl groups is 1. The lowest BCUT2D eigenvalue weighted by Gasteiger charge is -2.12. The van der Waals surface area contributed by atoms with E-state index in [2.05, 4.69) is 18.8 Å². The first-order valence-corrected chi connectivity index (χ1v) is 4.98. The molecule has 1 aliphatic carbocycles. The maximum atomic E-state index is 9.45. The summed E-state index contributed by atoms with van der Waals surface area (Å²) in [7, 11) is 0. The molecular weight excluding hydrogens is 178 g/mol. The Balaban J connectivity index is 2.40. The molecule has 1 heterocycles. The molecule has 1 unspecified atom stereocenters. The van der Waals surface area contributed by atoms with Gasteiger partial charge in [0.05, 0.1) is 17.7 Å². The number of aromatic nitrogens is 1. The van der Waals surface area contributed by atoms with Crippen molar-refractivity contribution in [2.24, 2.45) is 5.41 Å². The van der Waals surface area contributed by atoms with Gasteiger partial charge in [-0.05, 0) is 25.7 Å². The van der Waals surface area contributed by atoms with Crippen LogP contribution in [-0.4, -0.2) is 16.7 Å². The van der Waals surface area contributed by atoms with Crippen molar-refractivity contribution >= 4 is 0 Å². The topological polar surface area (TPSA) is 46.3 Å². The van der Waals surface area contributed by atoms with Crippen LogP contribution in [0.3, 0.4) is 0 Å². The molecule has 1 N–H and O–H groups in total. The van der Waals surface area contributed by atoms with Gasteiger partial charge in [0.1, 0.15) is 5.76 Å². The molecule has 1 aromatic heterocycles.